The van der Waals surface area contributed by atoms with Crippen molar-refractivity contribution < 1.29 is 4.42 Å². The molecule has 0 aliphatic carbocycles. The highest BCUT2D eigenvalue weighted by molar-refractivity contribution is 6.22. The highest BCUT2D eigenvalue weighted by Gasteiger charge is 2.25. The van der Waals surface area contributed by atoms with Gasteiger partial charge in [-0.1, -0.05) is 133 Å². The van der Waals surface area contributed by atoms with Crippen molar-refractivity contribution in [1.82, 2.24) is 10.3 Å². The van der Waals surface area contributed by atoms with Crippen LogP contribution >= 0.6 is 0 Å². The molecule has 1 aliphatic heterocycles. The molecule has 7 aromatic carbocycles. The normalized spacial score (nSPS) is 14.7. The van der Waals surface area contributed by atoms with Gasteiger partial charge in [0.2, 0.25) is 5.71 Å². The maximum atomic E-state index is 6.44. The number of hydrogen-bond donors (Lipinski definition) is 1. The Morgan fingerprint density at radius 1 is 0.531 bits per heavy atom. The van der Waals surface area contributed by atoms with E-state index in [-0.39, 0.29) is 6.17 Å². The summed E-state index contributed by atoms with van der Waals surface area (Å²) >= 11 is 0. The summed E-state index contributed by atoms with van der Waals surface area (Å²) < 4.78 is 6.44. The van der Waals surface area contributed by atoms with Gasteiger partial charge >= 0.3 is 0 Å². The van der Waals surface area contributed by atoms with Crippen molar-refractivity contribution in [3.8, 4) is 11.3 Å². The van der Waals surface area contributed by atoms with Crippen LogP contribution in [0.3, 0.4) is 0 Å². The van der Waals surface area contributed by atoms with Crippen molar-refractivity contribution in [1.29, 1.82) is 0 Å². The van der Waals surface area contributed by atoms with Gasteiger partial charge in [-0.25, -0.2) is 15.0 Å². The number of para-hydroxylation sites is 1. The van der Waals surface area contributed by atoms with E-state index in [2.05, 4.69) is 127 Å². The molecule has 0 saturated carbocycles. The molecular formula is C44H28N4O. The van der Waals surface area contributed by atoms with E-state index in [0.717, 1.165) is 55.5 Å². The molecule has 0 amide bonds. The zero-order valence-corrected chi connectivity index (χ0v) is 26.3. The lowest BCUT2D eigenvalue weighted by Gasteiger charge is -2.24. The summed E-state index contributed by atoms with van der Waals surface area (Å²) in [7, 11) is 0. The fraction of sp³-hybridized carbons (Fsp3) is 0.0227. The zero-order chi connectivity index (χ0) is 32.3. The minimum atomic E-state index is -0.355. The van der Waals surface area contributed by atoms with Crippen molar-refractivity contribution in [2.45, 2.75) is 6.17 Å². The second-order valence-corrected chi connectivity index (χ2v) is 12.5. The van der Waals surface area contributed by atoms with Gasteiger partial charge in [0.15, 0.2) is 5.84 Å². The third kappa shape index (κ3) is 4.67. The van der Waals surface area contributed by atoms with Crippen LogP contribution in [0, 0.1) is 0 Å². The highest BCUT2D eigenvalue weighted by atomic mass is 16.3. The Morgan fingerprint density at radius 3 is 2.14 bits per heavy atom. The molecule has 10 rings (SSSR count). The van der Waals surface area contributed by atoms with Crippen molar-refractivity contribution in [3.05, 3.63) is 174 Å². The van der Waals surface area contributed by atoms with Crippen molar-refractivity contribution >= 4 is 66.1 Å². The summed E-state index contributed by atoms with van der Waals surface area (Å²) in [5.41, 5.74) is 6.10. The van der Waals surface area contributed by atoms with Crippen LogP contribution in [0.2, 0.25) is 0 Å². The average Bonchev–Trinajstić information content (AvgIpc) is 3.56. The molecule has 0 saturated heterocycles. The van der Waals surface area contributed by atoms with E-state index < -0.39 is 0 Å². The Morgan fingerprint density at radius 2 is 1.24 bits per heavy atom. The van der Waals surface area contributed by atoms with E-state index in [1.54, 1.807) is 0 Å². The number of furan rings is 1. The zero-order valence-electron chi connectivity index (χ0n) is 26.3. The summed E-state index contributed by atoms with van der Waals surface area (Å²) in [5.74, 6) is 1.39. The third-order valence-electron chi connectivity index (χ3n) is 9.51. The van der Waals surface area contributed by atoms with E-state index in [1.807, 2.05) is 36.4 Å². The molecule has 0 spiro atoms. The number of aliphatic imine (C=N–C) groups is 2. The van der Waals surface area contributed by atoms with Gasteiger partial charge in [-0.2, -0.15) is 0 Å². The number of rotatable bonds is 4. The summed E-state index contributed by atoms with van der Waals surface area (Å²) in [6.45, 7) is 0. The number of fused-ring (bicyclic) bond motifs is 7. The number of aromatic nitrogens is 1. The van der Waals surface area contributed by atoms with Gasteiger partial charge in [0.05, 0.1) is 11.1 Å². The Balaban J connectivity index is 1.18. The van der Waals surface area contributed by atoms with Gasteiger partial charge in [-0.3, -0.25) is 0 Å². The molecule has 9 aromatic rings. The summed E-state index contributed by atoms with van der Waals surface area (Å²) in [6.07, 6.45) is -0.355. The Hall–Kier alpha value is -6.59. The number of nitrogens with zero attached hydrogens (tertiary/aromatic N) is 3. The van der Waals surface area contributed by atoms with E-state index >= 15 is 0 Å². The fourth-order valence-corrected chi connectivity index (χ4v) is 7.08. The molecule has 1 unspecified atom stereocenters. The first-order valence-electron chi connectivity index (χ1n) is 16.5. The lowest BCUT2D eigenvalue weighted by molar-refractivity contribution is 0.654. The molecule has 1 atom stereocenters. The van der Waals surface area contributed by atoms with Crippen LogP contribution in [0.25, 0.3) is 65.6 Å². The minimum absolute atomic E-state index is 0.355. The predicted molar refractivity (Wildman–Crippen MR) is 201 cm³/mol. The van der Waals surface area contributed by atoms with Gasteiger partial charge in [0, 0.05) is 22.1 Å². The van der Waals surface area contributed by atoms with Crippen LogP contribution < -0.4 is 5.32 Å². The second kappa shape index (κ2) is 11.0. The number of pyridine rings is 1. The SMILES string of the molecule is c1ccc(C2=NC(c3ccc4ccccc4c3)NC(c3cc(-c4ccc5c(ccc6ccccc65)c4)nc4oc5ccccc5c34)=N2)cc1. The second-order valence-electron chi connectivity index (χ2n) is 12.5. The molecule has 0 radical (unpaired) electrons. The lowest BCUT2D eigenvalue weighted by Crippen LogP contribution is -2.33. The number of benzene rings is 7. The summed E-state index contributed by atoms with van der Waals surface area (Å²) in [5, 5.41) is 12.8. The monoisotopic (exact) mass is 628 g/mol. The summed E-state index contributed by atoms with van der Waals surface area (Å²) in [6, 6.07) is 54.8. The molecule has 1 N–H and O–H groups in total. The van der Waals surface area contributed by atoms with Crippen LogP contribution in [-0.4, -0.2) is 16.7 Å². The Bertz CT molecular complexity index is 2810. The first-order valence-corrected chi connectivity index (χ1v) is 16.5. The number of hydrogen-bond acceptors (Lipinski definition) is 5. The van der Waals surface area contributed by atoms with Gasteiger partial charge in [-0.05, 0) is 62.1 Å². The molecule has 5 nitrogen and oxygen atoms in total. The van der Waals surface area contributed by atoms with Crippen molar-refractivity contribution in [2.24, 2.45) is 9.98 Å². The van der Waals surface area contributed by atoms with Crippen molar-refractivity contribution in [2.75, 3.05) is 0 Å². The number of amidine groups is 2. The molecular weight excluding hydrogens is 601 g/mol. The van der Waals surface area contributed by atoms with Crippen LogP contribution in [0.5, 0.6) is 0 Å². The quantitative estimate of drug-likeness (QED) is 0.197. The molecule has 5 heteroatoms. The Kier molecular flexibility index (Phi) is 6.18. The van der Waals surface area contributed by atoms with E-state index in [0.29, 0.717) is 11.5 Å². The Labute approximate surface area is 281 Å². The van der Waals surface area contributed by atoms with Crippen LogP contribution in [-0.2, 0) is 0 Å². The van der Waals surface area contributed by atoms with Gasteiger partial charge in [0.1, 0.15) is 17.6 Å². The van der Waals surface area contributed by atoms with E-state index in [4.69, 9.17) is 19.4 Å². The topological polar surface area (TPSA) is 62.8 Å². The van der Waals surface area contributed by atoms with E-state index in [1.165, 1.54) is 26.9 Å². The van der Waals surface area contributed by atoms with Gasteiger partial charge in [0.25, 0.3) is 0 Å². The lowest BCUT2D eigenvalue weighted by atomic mass is 9.98. The van der Waals surface area contributed by atoms with E-state index in [9.17, 15) is 0 Å². The molecule has 3 heterocycles. The molecule has 49 heavy (non-hydrogen) atoms. The maximum Gasteiger partial charge on any atom is 0.228 e. The molecule has 0 fully saturated rings. The summed E-state index contributed by atoms with van der Waals surface area (Å²) in [4.78, 5) is 15.5. The smallest absolute Gasteiger partial charge is 0.228 e. The largest absolute Gasteiger partial charge is 0.438 e. The average molecular weight is 629 g/mol. The standard InChI is InChI=1S/C44H28N4O/c1-2-12-29(13-3-1)41-46-42(33-21-18-27-10-4-5-14-30(27)24-33)48-43(47-41)37-26-38(45-44-40(37)36-16-8-9-17-39(36)49-44)32-22-23-35-31(25-32)20-19-28-11-6-7-15-34(28)35/h1-26,42H,(H,46,47,48). The highest BCUT2D eigenvalue weighted by Crippen LogP contribution is 2.36. The van der Waals surface area contributed by atoms with Gasteiger partial charge in [-0.15, -0.1) is 0 Å². The van der Waals surface area contributed by atoms with Crippen molar-refractivity contribution in [3.63, 3.8) is 0 Å². The minimum Gasteiger partial charge on any atom is -0.438 e. The molecule has 1 aliphatic rings. The van der Waals surface area contributed by atoms with Gasteiger partial charge < -0.3 is 9.73 Å². The molecule has 2 aromatic heterocycles. The first-order chi connectivity index (χ1) is 24.2. The first kappa shape index (κ1) is 27.5. The molecule has 0 bridgehead atoms. The van der Waals surface area contributed by atoms with Crippen LogP contribution in [0.1, 0.15) is 22.9 Å². The number of nitrogens with one attached hydrogen (secondary N) is 1. The van der Waals surface area contributed by atoms with Crippen LogP contribution in [0.15, 0.2) is 172 Å². The molecule has 230 valence electrons. The predicted octanol–water partition coefficient (Wildman–Crippen LogP) is 10.6. The van der Waals surface area contributed by atoms with Crippen LogP contribution in [0.4, 0.5) is 0 Å². The third-order valence-corrected chi connectivity index (χ3v) is 9.51. The fourth-order valence-electron chi connectivity index (χ4n) is 7.08. The maximum absolute atomic E-state index is 6.44.